The SMILES string of the molecule is O=C(O)C=Cc1ccc2c(c1)C(=O)C1(CCN(Cc3ccccc3)CC1)O2. The van der Waals surface area contributed by atoms with Gasteiger partial charge in [0.15, 0.2) is 5.60 Å². The minimum absolute atomic E-state index is 0.0161. The van der Waals surface area contributed by atoms with E-state index in [1.54, 1.807) is 18.2 Å². The summed E-state index contributed by atoms with van der Waals surface area (Å²) < 4.78 is 6.11. The molecule has 0 amide bonds. The van der Waals surface area contributed by atoms with Crippen LogP contribution in [0.4, 0.5) is 0 Å². The lowest BCUT2D eigenvalue weighted by atomic mass is 9.85. The van der Waals surface area contributed by atoms with Gasteiger partial charge in [-0.2, -0.15) is 0 Å². The van der Waals surface area contributed by atoms with E-state index in [9.17, 15) is 9.59 Å². The predicted molar refractivity (Wildman–Crippen MR) is 102 cm³/mol. The highest BCUT2D eigenvalue weighted by Crippen LogP contribution is 2.41. The Hall–Kier alpha value is -2.92. The van der Waals surface area contributed by atoms with Crippen LogP contribution >= 0.6 is 0 Å². The lowest BCUT2D eigenvalue weighted by Gasteiger charge is -2.37. The molecule has 2 aromatic carbocycles. The monoisotopic (exact) mass is 363 g/mol. The Morgan fingerprint density at radius 1 is 1.15 bits per heavy atom. The Kier molecular flexibility index (Phi) is 4.54. The van der Waals surface area contributed by atoms with Gasteiger partial charge in [0.05, 0.1) is 5.56 Å². The number of ether oxygens (including phenoxy) is 1. The summed E-state index contributed by atoms with van der Waals surface area (Å²) in [7, 11) is 0. The largest absolute Gasteiger partial charge is 0.478 e. The zero-order valence-electron chi connectivity index (χ0n) is 14.9. The maximum Gasteiger partial charge on any atom is 0.328 e. The van der Waals surface area contributed by atoms with E-state index in [0.717, 1.165) is 25.7 Å². The third kappa shape index (κ3) is 3.51. The van der Waals surface area contributed by atoms with Gasteiger partial charge in [-0.3, -0.25) is 9.69 Å². The predicted octanol–water partition coefficient (Wildman–Crippen LogP) is 3.39. The number of Topliss-reactive ketones (excluding diaryl/α,β-unsaturated/α-hetero) is 1. The normalized spacial score (nSPS) is 18.6. The van der Waals surface area contributed by atoms with Crippen molar-refractivity contribution in [3.8, 4) is 5.75 Å². The number of rotatable bonds is 4. The van der Waals surface area contributed by atoms with E-state index in [1.165, 1.54) is 11.6 Å². The van der Waals surface area contributed by atoms with E-state index in [2.05, 4.69) is 17.0 Å². The van der Waals surface area contributed by atoms with Crippen molar-refractivity contribution in [3.05, 3.63) is 71.3 Å². The van der Waals surface area contributed by atoms with Crippen LogP contribution in [0.15, 0.2) is 54.6 Å². The zero-order valence-corrected chi connectivity index (χ0v) is 14.9. The third-order valence-corrected chi connectivity index (χ3v) is 5.30. The van der Waals surface area contributed by atoms with Crippen LogP contribution in [-0.4, -0.2) is 40.4 Å². The first kappa shape index (κ1) is 17.5. The van der Waals surface area contributed by atoms with Crippen molar-refractivity contribution in [3.63, 3.8) is 0 Å². The Bertz CT molecular complexity index is 896. The molecule has 0 saturated carbocycles. The molecule has 5 nitrogen and oxygen atoms in total. The molecule has 0 aromatic heterocycles. The van der Waals surface area contributed by atoms with E-state index in [1.807, 2.05) is 18.2 Å². The van der Waals surface area contributed by atoms with Crippen molar-refractivity contribution >= 4 is 17.8 Å². The molecule has 2 aromatic rings. The number of benzene rings is 2. The van der Waals surface area contributed by atoms with E-state index in [0.29, 0.717) is 29.7 Å². The molecule has 0 atom stereocenters. The average Bonchev–Trinajstić information content (AvgIpc) is 2.94. The van der Waals surface area contributed by atoms with Crippen molar-refractivity contribution in [1.82, 2.24) is 4.90 Å². The molecule has 0 radical (unpaired) electrons. The van der Waals surface area contributed by atoms with Gasteiger partial charge in [-0.1, -0.05) is 36.4 Å². The Morgan fingerprint density at radius 2 is 1.89 bits per heavy atom. The van der Waals surface area contributed by atoms with Gasteiger partial charge in [0.1, 0.15) is 5.75 Å². The van der Waals surface area contributed by atoms with Crippen LogP contribution in [0.2, 0.25) is 0 Å². The topological polar surface area (TPSA) is 66.8 Å². The van der Waals surface area contributed by atoms with Crippen LogP contribution in [0.3, 0.4) is 0 Å². The van der Waals surface area contributed by atoms with E-state index in [-0.39, 0.29) is 5.78 Å². The van der Waals surface area contributed by atoms with Gasteiger partial charge in [-0.05, 0) is 29.3 Å². The standard InChI is InChI=1S/C22H21NO4/c24-20(25)9-7-16-6-8-19-18(14-16)21(26)22(27-19)10-12-23(13-11-22)15-17-4-2-1-3-5-17/h1-9,14H,10-13,15H2,(H,24,25). The molecular formula is C22H21NO4. The second-order valence-electron chi connectivity index (χ2n) is 7.11. The third-order valence-electron chi connectivity index (χ3n) is 5.30. The lowest BCUT2D eigenvalue weighted by molar-refractivity contribution is -0.131. The summed E-state index contributed by atoms with van der Waals surface area (Å²) >= 11 is 0. The fraction of sp³-hybridized carbons (Fsp3) is 0.273. The van der Waals surface area contributed by atoms with E-state index in [4.69, 9.17) is 9.84 Å². The van der Waals surface area contributed by atoms with Gasteiger partial charge in [0, 0.05) is 38.6 Å². The number of likely N-dealkylation sites (tertiary alicyclic amines) is 1. The summed E-state index contributed by atoms with van der Waals surface area (Å²) in [4.78, 5) is 26.1. The number of carbonyl (C=O) groups is 2. The number of fused-ring (bicyclic) bond motifs is 1. The van der Waals surface area contributed by atoms with Crippen molar-refractivity contribution < 1.29 is 19.4 Å². The number of piperidine rings is 1. The van der Waals surface area contributed by atoms with Crippen LogP contribution in [0.25, 0.3) is 6.08 Å². The lowest BCUT2D eigenvalue weighted by Crippen LogP contribution is -2.50. The summed E-state index contributed by atoms with van der Waals surface area (Å²) in [6, 6.07) is 15.6. The molecule has 1 spiro atoms. The molecule has 2 heterocycles. The summed E-state index contributed by atoms with van der Waals surface area (Å²) in [6.45, 7) is 2.49. The molecule has 2 aliphatic heterocycles. The number of nitrogens with zero attached hydrogens (tertiary/aromatic N) is 1. The van der Waals surface area contributed by atoms with E-state index < -0.39 is 11.6 Å². The molecule has 27 heavy (non-hydrogen) atoms. The van der Waals surface area contributed by atoms with E-state index >= 15 is 0 Å². The van der Waals surface area contributed by atoms with Crippen LogP contribution in [-0.2, 0) is 11.3 Å². The molecular weight excluding hydrogens is 342 g/mol. The minimum atomic E-state index is -1.01. The van der Waals surface area contributed by atoms with Crippen LogP contribution < -0.4 is 4.74 Å². The van der Waals surface area contributed by atoms with Gasteiger partial charge in [0.2, 0.25) is 5.78 Å². The highest BCUT2D eigenvalue weighted by Gasteiger charge is 2.49. The Morgan fingerprint density at radius 3 is 2.59 bits per heavy atom. The smallest absolute Gasteiger partial charge is 0.328 e. The molecule has 0 aliphatic carbocycles. The van der Waals surface area contributed by atoms with Gasteiger partial charge < -0.3 is 9.84 Å². The summed E-state index contributed by atoms with van der Waals surface area (Å²) in [5.74, 6) is -0.397. The van der Waals surface area contributed by atoms with Gasteiger partial charge in [0.25, 0.3) is 0 Å². The molecule has 4 rings (SSSR count). The van der Waals surface area contributed by atoms with Crippen molar-refractivity contribution in [2.75, 3.05) is 13.1 Å². The molecule has 138 valence electrons. The fourth-order valence-electron chi connectivity index (χ4n) is 3.83. The maximum absolute atomic E-state index is 13.0. The van der Waals surface area contributed by atoms with Crippen molar-refractivity contribution in [2.24, 2.45) is 0 Å². The van der Waals surface area contributed by atoms with Gasteiger partial charge in [-0.15, -0.1) is 0 Å². The van der Waals surface area contributed by atoms with Crippen molar-refractivity contribution in [2.45, 2.75) is 25.0 Å². The zero-order chi connectivity index (χ0) is 18.9. The first-order valence-corrected chi connectivity index (χ1v) is 9.11. The highest BCUT2D eigenvalue weighted by atomic mass is 16.5. The number of carboxylic acid groups (broad SMARTS) is 1. The number of hydrogen-bond donors (Lipinski definition) is 1. The molecule has 1 saturated heterocycles. The number of aliphatic carboxylic acids is 1. The number of carbonyl (C=O) groups excluding carboxylic acids is 1. The van der Waals surface area contributed by atoms with Crippen LogP contribution in [0, 0.1) is 0 Å². The van der Waals surface area contributed by atoms with Crippen LogP contribution in [0.5, 0.6) is 5.75 Å². The van der Waals surface area contributed by atoms with Gasteiger partial charge >= 0.3 is 5.97 Å². The second-order valence-corrected chi connectivity index (χ2v) is 7.11. The number of hydrogen-bond acceptors (Lipinski definition) is 4. The minimum Gasteiger partial charge on any atom is -0.478 e. The summed E-state index contributed by atoms with van der Waals surface area (Å²) in [6.07, 6.45) is 3.88. The van der Waals surface area contributed by atoms with Crippen molar-refractivity contribution in [1.29, 1.82) is 0 Å². The second kappa shape index (κ2) is 7.00. The summed E-state index contributed by atoms with van der Waals surface area (Å²) in [5, 5.41) is 8.77. The molecule has 0 bridgehead atoms. The number of carboxylic acids is 1. The Labute approximate surface area is 157 Å². The average molecular weight is 363 g/mol. The molecule has 1 fully saturated rings. The Balaban J connectivity index is 1.46. The maximum atomic E-state index is 13.0. The first-order chi connectivity index (χ1) is 13.1. The van der Waals surface area contributed by atoms with Gasteiger partial charge in [-0.25, -0.2) is 4.79 Å². The van der Waals surface area contributed by atoms with Crippen LogP contribution in [0.1, 0.15) is 34.3 Å². The molecule has 5 heteroatoms. The molecule has 2 aliphatic rings. The molecule has 0 unspecified atom stereocenters. The molecule has 1 N–H and O–H groups in total. The quantitative estimate of drug-likeness (QED) is 0.844. The fourth-order valence-corrected chi connectivity index (χ4v) is 3.83. The first-order valence-electron chi connectivity index (χ1n) is 9.11. The number of ketones is 1. The highest BCUT2D eigenvalue weighted by molar-refractivity contribution is 6.08. The summed E-state index contributed by atoms with van der Waals surface area (Å²) in [5.41, 5.74) is 1.74.